The second-order valence-corrected chi connectivity index (χ2v) is 5.40. The van der Waals surface area contributed by atoms with Crippen molar-refractivity contribution >= 4 is 11.8 Å². The molecule has 1 heterocycles. The lowest BCUT2D eigenvalue weighted by Crippen LogP contribution is -2.10. The monoisotopic (exact) mass is 243 g/mol. The standard InChI is InChI=1S/C11H21N3OS/c1-4-6-9(12)11-13-10(14-15-11)7-16-8(3)5-2/h8-9H,4-7,12H2,1-3H3/t8?,9-/m0/s1. The fourth-order valence-corrected chi connectivity index (χ4v) is 2.03. The highest BCUT2D eigenvalue weighted by Crippen LogP contribution is 2.19. The predicted octanol–water partition coefficient (Wildman–Crippen LogP) is 2.90. The molecule has 0 radical (unpaired) electrons. The molecule has 1 rings (SSSR count). The van der Waals surface area contributed by atoms with Gasteiger partial charge in [-0.2, -0.15) is 16.7 Å². The van der Waals surface area contributed by atoms with Crippen LogP contribution in [0.5, 0.6) is 0 Å². The van der Waals surface area contributed by atoms with Crippen LogP contribution in [-0.4, -0.2) is 15.4 Å². The average Bonchev–Trinajstić information content (AvgIpc) is 2.75. The van der Waals surface area contributed by atoms with Crippen LogP contribution in [0.2, 0.25) is 0 Å². The highest BCUT2D eigenvalue weighted by atomic mass is 32.2. The number of nitrogens with zero attached hydrogens (tertiary/aromatic N) is 2. The van der Waals surface area contributed by atoms with Gasteiger partial charge in [0, 0.05) is 5.25 Å². The van der Waals surface area contributed by atoms with Crippen molar-refractivity contribution < 1.29 is 4.52 Å². The van der Waals surface area contributed by atoms with Crippen LogP contribution in [0.15, 0.2) is 4.52 Å². The molecule has 1 aromatic heterocycles. The maximum Gasteiger partial charge on any atom is 0.243 e. The van der Waals surface area contributed by atoms with E-state index in [0.29, 0.717) is 11.1 Å². The fraction of sp³-hybridized carbons (Fsp3) is 0.818. The van der Waals surface area contributed by atoms with E-state index < -0.39 is 0 Å². The summed E-state index contributed by atoms with van der Waals surface area (Å²) in [6.45, 7) is 6.47. The lowest BCUT2D eigenvalue weighted by atomic mass is 10.2. The average molecular weight is 243 g/mol. The Kier molecular flexibility index (Phi) is 5.84. The van der Waals surface area contributed by atoms with E-state index in [-0.39, 0.29) is 6.04 Å². The van der Waals surface area contributed by atoms with Crippen molar-refractivity contribution in [2.75, 3.05) is 0 Å². The van der Waals surface area contributed by atoms with Gasteiger partial charge in [-0.3, -0.25) is 0 Å². The van der Waals surface area contributed by atoms with Crippen molar-refractivity contribution in [2.45, 2.75) is 57.1 Å². The molecule has 16 heavy (non-hydrogen) atoms. The van der Waals surface area contributed by atoms with Crippen molar-refractivity contribution in [3.05, 3.63) is 11.7 Å². The molecule has 0 saturated carbocycles. The van der Waals surface area contributed by atoms with Crippen molar-refractivity contribution in [2.24, 2.45) is 5.73 Å². The van der Waals surface area contributed by atoms with Crippen molar-refractivity contribution in [3.8, 4) is 0 Å². The summed E-state index contributed by atoms with van der Waals surface area (Å²) in [7, 11) is 0. The van der Waals surface area contributed by atoms with Crippen LogP contribution in [0.25, 0.3) is 0 Å². The van der Waals surface area contributed by atoms with Crippen LogP contribution in [0, 0.1) is 0 Å². The zero-order valence-electron chi connectivity index (χ0n) is 10.3. The number of hydrogen-bond donors (Lipinski definition) is 1. The van der Waals surface area contributed by atoms with Crippen molar-refractivity contribution in [3.63, 3.8) is 0 Å². The zero-order valence-corrected chi connectivity index (χ0v) is 11.1. The van der Waals surface area contributed by atoms with Gasteiger partial charge in [0.15, 0.2) is 5.82 Å². The number of hydrogen-bond acceptors (Lipinski definition) is 5. The summed E-state index contributed by atoms with van der Waals surface area (Å²) >= 11 is 1.84. The van der Waals surface area contributed by atoms with Gasteiger partial charge in [-0.25, -0.2) is 0 Å². The highest BCUT2D eigenvalue weighted by molar-refractivity contribution is 7.99. The van der Waals surface area contributed by atoms with Gasteiger partial charge < -0.3 is 10.3 Å². The molecule has 0 saturated heterocycles. The third-order valence-corrected chi connectivity index (χ3v) is 3.80. The van der Waals surface area contributed by atoms with Gasteiger partial charge in [0.1, 0.15) is 0 Å². The highest BCUT2D eigenvalue weighted by Gasteiger charge is 2.14. The second-order valence-electron chi connectivity index (χ2n) is 3.97. The third-order valence-electron chi connectivity index (χ3n) is 2.47. The Morgan fingerprint density at radius 1 is 1.44 bits per heavy atom. The van der Waals surface area contributed by atoms with E-state index in [0.717, 1.165) is 30.8 Å². The van der Waals surface area contributed by atoms with Gasteiger partial charge in [-0.1, -0.05) is 32.3 Å². The Morgan fingerprint density at radius 2 is 2.19 bits per heavy atom. The first-order valence-electron chi connectivity index (χ1n) is 5.87. The first-order valence-corrected chi connectivity index (χ1v) is 6.91. The molecule has 0 fully saturated rings. The van der Waals surface area contributed by atoms with Crippen LogP contribution in [0.4, 0.5) is 0 Å². The molecule has 1 unspecified atom stereocenters. The zero-order chi connectivity index (χ0) is 12.0. The summed E-state index contributed by atoms with van der Waals surface area (Å²) < 4.78 is 5.15. The topological polar surface area (TPSA) is 64.9 Å². The Morgan fingerprint density at radius 3 is 2.81 bits per heavy atom. The van der Waals surface area contributed by atoms with Crippen LogP contribution in [0.1, 0.15) is 57.8 Å². The van der Waals surface area contributed by atoms with Gasteiger partial charge in [0.2, 0.25) is 5.89 Å². The quantitative estimate of drug-likeness (QED) is 0.797. The molecule has 0 aromatic carbocycles. The molecule has 0 aliphatic heterocycles. The van der Waals surface area contributed by atoms with Gasteiger partial charge in [-0.05, 0) is 12.8 Å². The largest absolute Gasteiger partial charge is 0.338 e. The Bertz CT molecular complexity index is 303. The van der Waals surface area contributed by atoms with E-state index in [1.165, 1.54) is 0 Å². The minimum atomic E-state index is -0.111. The molecule has 0 bridgehead atoms. The van der Waals surface area contributed by atoms with Gasteiger partial charge in [-0.15, -0.1) is 0 Å². The Hall–Kier alpha value is -0.550. The summed E-state index contributed by atoms with van der Waals surface area (Å²) in [5.41, 5.74) is 5.90. The molecule has 0 aliphatic carbocycles. The maximum absolute atomic E-state index is 5.90. The van der Waals surface area contributed by atoms with Crippen LogP contribution >= 0.6 is 11.8 Å². The molecule has 0 aliphatic rings. The number of aromatic nitrogens is 2. The predicted molar refractivity (Wildman–Crippen MR) is 67.2 cm³/mol. The normalized spacial score (nSPS) is 15.0. The first-order chi connectivity index (χ1) is 7.67. The van der Waals surface area contributed by atoms with E-state index in [9.17, 15) is 0 Å². The Labute approximate surface area is 101 Å². The minimum absolute atomic E-state index is 0.111. The molecule has 1 aromatic rings. The van der Waals surface area contributed by atoms with E-state index in [2.05, 4.69) is 30.9 Å². The van der Waals surface area contributed by atoms with E-state index in [1.807, 2.05) is 11.8 Å². The van der Waals surface area contributed by atoms with Gasteiger partial charge in [0.05, 0.1) is 11.8 Å². The van der Waals surface area contributed by atoms with E-state index >= 15 is 0 Å². The SMILES string of the molecule is CCC[C@H](N)c1nc(CSC(C)CC)no1. The summed E-state index contributed by atoms with van der Waals surface area (Å²) in [5.74, 6) is 2.13. The second kappa shape index (κ2) is 6.91. The fourth-order valence-electron chi connectivity index (χ4n) is 1.25. The number of nitrogens with two attached hydrogens (primary N) is 1. The van der Waals surface area contributed by atoms with E-state index in [1.54, 1.807) is 0 Å². The molecular formula is C11H21N3OS. The van der Waals surface area contributed by atoms with Crippen LogP contribution in [-0.2, 0) is 5.75 Å². The van der Waals surface area contributed by atoms with Gasteiger partial charge >= 0.3 is 0 Å². The molecular weight excluding hydrogens is 222 g/mol. The van der Waals surface area contributed by atoms with Gasteiger partial charge in [0.25, 0.3) is 0 Å². The molecule has 92 valence electrons. The summed E-state index contributed by atoms with van der Waals surface area (Å²) in [5, 5.41) is 4.57. The molecule has 2 atom stereocenters. The minimum Gasteiger partial charge on any atom is -0.338 e. The summed E-state index contributed by atoms with van der Waals surface area (Å²) in [4.78, 5) is 4.31. The molecule has 4 nitrogen and oxygen atoms in total. The van der Waals surface area contributed by atoms with Crippen LogP contribution in [0.3, 0.4) is 0 Å². The summed E-state index contributed by atoms with van der Waals surface area (Å²) in [6, 6.07) is -0.111. The lowest BCUT2D eigenvalue weighted by Gasteiger charge is -2.04. The molecule has 0 spiro atoms. The Balaban J connectivity index is 2.45. The first kappa shape index (κ1) is 13.5. The van der Waals surface area contributed by atoms with Crippen molar-refractivity contribution in [1.82, 2.24) is 10.1 Å². The summed E-state index contributed by atoms with van der Waals surface area (Å²) in [6.07, 6.45) is 3.07. The molecule has 2 N–H and O–H groups in total. The third kappa shape index (κ3) is 4.14. The number of thioether (sulfide) groups is 1. The molecule has 0 amide bonds. The van der Waals surface area contributed by atoms with Crippen molar-refractivity contribution in [1.29, 1.82) is 0 Å². The maximum atomic E-state index is 5.90. The molecule has 5 heteroatoms. The number of rotatable bonds is 7. The van der Waals surface area contributed by atoms with E-state index in [4.69, 9.17) is 10.3 Å². The smallest absolute Gasteiger partial charge is 0.243 e. The van der Waals surface area contributed by atoms with Crippen LogP contribution < -0.4 is 5.73 Å². The lowest BCUT2D eigenvalue weighted by molar-refractivity contribution is 0.345.